The summed E-state index contributed by atoms with van der Waals surface area (Å²) in [5.41, 5.74) is 2.98. The van der Waals surface area contributed by atoms with Crippen LogP contribution in [-0.4, -0.2) is 50.1 Å². The molecule has 0 bridgehead atoms. The summed E-state index contributed by atoms with van der Waals surface area (Å²) in [4.78, 5) is 5.05. The summed E-state index contributed by atoms with van der Waals surface area (Å²) in [7, 11) is 3.96. The molecule has 17 heavy (non-hydrogen) atoms. The molecule has 0 radical (unpaired) electrons. The van der Waals surface area contributed by atoms with Crippen molar-refractivity contribution in [2.45, 2.75) is 12.5 Å². The van der Waals surface area contributed by atoms with Crippen LogP contribution in [0.1, 0.15) is 17.2 Å². The molecule has 0 saturated carbocycles. The number of nitrogens with zero attached hydrogens (tertiary/aromatic N) is 2. The molecule has 1 aromatic carbocycles. The van der Waals surface area contributed by atoms with E-state index in [1.807, 2.05) is 0 Å². The van der Waals surface area contributed by atoms with Crippen molar-refractivity contribution in [3.8, 4) is 5.75 Å². The van der Waals surface area contributed by atoms with E-state index in [4.69, 9.17) is 4.74 Å². The second-order valence-electron chi connectivity index (χ2n) is 5.13. The lowest BCUT2D eigenvalue weighted by Crippen LogP contribution is -2.49. The zero-order chi connectivity index (χ0) is 11.8. The van der Waals surface area contributed by atoms with Crippen molar-refractivity contribution in [1.29, 1.82) is 0 Å². The minimum atomic E-state index is 0.586. The predicted octanol–water partition coefficient (Wildman–Crippen LogP) is 1.54. The molecule has 0 aliphatic carbocycles. The molecule has 1 atom stereocenters. The van der Waals surface area contributed by atoms with Gasteiger partial charge in [-0.05, 0) is 36.7 Å². The van der Waals surface area contributed by atoms with Gasteiger partial charge in [-0.2, -0.15) is 0 Å². The van der Waals surface area contributed by atoms with Gasteiger partial charge in [0.25, 0.3) is 0 Å². The third-order valence-electron chi connectivity index (χ3n) is 4.07. The molecule has 1 unspecified atom stereocenters. The van der Waals surface area contributed by atoms with E-state index in [1.54, 1.807) is 7.11 Å². The van der Waals surface area contributed by atoms with Crippen molar-refractivity contribution in [2.75, 3.05) is 40.3 Å². The van der Waals surface area contributed by atoms with Gasteiger partial charge in [-0.15, -0.1) is 0 Å². The van der Waals surface area contributed by atoms with Crippen LogP contribution in [0.25, 0.3) is 0 Å². The number of benzene rings is 1. The van der Waals surface area contributed by atoms with Gasteiger partial charge in [-0.3, -0.25) is 4.90 Å². The van der Waals surface area contributed by atoms with E-state index in [2.05, 4.69) is 35.0 Å². The van der Waals surface area contributed by atoms with Crippen molar-refractivity contribution < 1.29 is 4.74 Å². The summed E-state index contributed by atoms with van der Waals surface area (Å²) in [6.45, 7) is 4.74. The minimum Gasteiger partial charge on any atom is -0.497 e. The maximum Gasteiger partial charge on any atom is 0.119 e. The monoisotopic (exact) mass is 232 g/mol. The summed E-state index contributed by atoms with van der Waals surface area (Å²) < 4.78 is 5.31. The van der Waals surface area contributed by atoms with Crippen molar-refractivity contribution in [3.05, 3.63) is 29.3 Å². The number of hydrogen-bond acceptors (Lipinski definition) is 3. The average Bonchev–Trinajstić information content (AvgIpc) is 2.37. The maximum absolute atomic E-state index is 5.31. The van der Waals surface area contributed by atoms with E-state index >= 15 is 0 Å². The normalized spacial score (nSPS) is 25.2. The SMILES string of the molecule is COc1ccc2c(c1)CCN1CCN(C)CC21. The average molecular weight is 232 g/mol. The first-order valence-electron chi connectivity index (χ1n) is 6.37. The standard InChI is InChI=1S/C14H20N2O/c1-15-7-8-16-6-5-11-9-12(17-2)3-4-13(11)14(16)10-15/h3-4,9,14H,5-8,10H2,1-2H3. The summed E-state index contributed by atoms with van der Waals surface area (Å²) in [5, 5.41) is 0. The summed E-state index contributed by atoms with van der Waals surface area (Å²) in [6, 6.07) is 7.14. The molecule has 1 fully saturated rings. The number of methoxy groups -OCH3 is 1. The van der Waals surface area contributed by atoms with Crippen LogP contribution in [0.4, 0.5) is 0 Å². The molecule has 2 aliphatic heterocycles. The lowest BCUT2D eigenvalue weighted by molar-refractivity contribution is 0.0825. The smallest absolute Gasteiger partial charge is 0.119 e. The van der Waals surface area contributed by atoms with Crippen LogP contribution in [0.5, 0.6) is 5.75 Å². The first-order valence-corrected chi connectivity index (χ1v) is 6.37. The Kier molecular flexibility index (Phi) is 2.81. The summed E-state index contributed by atoms with van der Waals surface area (Å²) in [6.07, 6.45) is 1.16. The van der Waals surface area contributed by atoms with Crippen LogP contribution in [0.2, 0.25) is 0 Å². The Morgan fingerprint density at radius 2 is 2.12 bits per heavy atom. The first-order chi connectivity index (χ1) is 8.28. The molecule has 0 amide bonds. The van der Waals surface area contributed by atoms with Crippen LogP contribution in [-0.2, 0) is 6.42 Å². The third kappa shape index (κ3) is 1.94. The first kappa shape index (κ1) is 11.1. The minimum absolute atomic E-state index is 0.586. The van der Waals surface area contributed by atoms with E-state index < -0.39 is 0 Å². The van der Waals surface area contributed by atoms with Crippen LogP contribution < -0.4 is 4.74 Å². The number of fused-ring (bicyclic) bond motifs is 3. The number of ether oxygens (including phenoxy) is 1. The zero-order valence-corrected chi connectivity index (χ0v) is 10.6. The zero-order valence-electron chi connectivity index (χ0n) is 10.6. The number of likely N-dealkylation sites (N-methyl/N-ethyl adjacent to an activating group) is 1. The molecule has 3 nitrogen and oxygen atoms in total. The summed E-state index contributed by atoms with van der Waals surface area (Å²) >= 11 is 0. The van der Waals surface area contributed by atoms with Gasteiger partial charge in [-0.1, -0.05) is 6.07 Å². The molecule has 3 rings (SSSR count). The number of piperazine rings is 1. The Morgan fingerprint density at radius 3 is 2.94 bits per heavy atom. The topological polar surface area (TPSA) is 15.7 Å². The molecule has 1 saturated heterocycles. The fraction of sp³-hybridized carbons (Fsp3) is 0.571. The summed E-state index contributed by atoms with van der Waals surface area (Å²) in [5.74, 6) is 0.987. The van der Waals surface area contributed by atoms with E-state index in [0.717, 1.165) is 18.7 Å². The van der Waals surface area contributed by atoms with Crippen molar-refractivity contribution >= 4 is 0 Å². The van der Waals surface area contributed by atoms with E-state index in [0.29, 0.717) is 6.04 Å². The van der Waals surface area contributed by atoms with E-state index in [-0.39, 0.29) is 0 Å². The van der Waals surface area contributed by atoms with E-state index in [1.165, 1.54) is 30.8 Å². The Morgan fingerprint density at radius 1 is 1.24 bits per heavy atom. The highest BCUT2D eigenvalue weighted by Crippen LogP contribution is 2.33. The molecule has 2 heterocycles. The van der Waals surface area contributed by atoms with Crippen molar-refractivity contribution in [3.63, 3.8) is 0 Å². The largest absolute Gasteiger partial charge is 0.497 e. The molecule has 92 valence electrons. The van der Waals surface area contributed by atoms with E-state index in [9.17, 15) is 0 Å². The Bertz CT molecular complexity index is 419. The lowest BCUT2D eigenvalue weighted by atomic mass is 9.91. The van der Waals surface area contributed by atoms with Gasteiger partial charge < -0.3 is 9.64 Å². The van der Waals surface area contributed by atoms with Crippen LogP contribution in [0.15, 0.2) is 18.2 Å². The molecule has 0 N–H and O–H groups in total. The highest BCUT2D eigenvalue weighted by Gasteiger charge is 2.31. The second-order valence-corrected chi connectivity index (χ2v) is 5.13. The van der Waals surface area contributed by atoms with Crippen molar-refractivity contribution in [2.24, 2.45) is 0 Å². The predicted molar refractivity (Wildman–Crippen MR) is 68.5 cm³/mol. The molecule has 0 aromatic heterocycles. The Hall–Kier alpha value is -1.06. The second kappa shape index (κ2) is 4.31. The van der Waals surface area contributed by atoms with Crippen LogP contribution in [0.3, 0.4) is 0 Å². The Labute approximate surface area is 103 Å². The number of rotatable bonds is 1. The quantitative estimate of drug-likeness (QED) is 0.730. The molecular weight excluding hydrogens is 212 g/mol. The maximum atomic E-state index is 5.31. The van der Waals surface area contributed by atoms with Crippen LogP contribution in [0, 0.1) is 0 Å². The van der Waals surface area contributed by atoms with Crippen molar-refractivity contribution in [1.82, 2.24) is 9.80 Å². The molecule has 1 aromatic rings. The van der Waals surface area contributed by atoms with Gasteiger partial charge in [-0.25, -0.2) is 0 Å². The highest BCUT2D eigenvalue weighted by molar-refractivity contribution is 5.39. The molecule has 2 aliphatic rings. The fourth-order valence-corrected chi connectivity index (χ4v) is 3.03. The fourth-order valence-electron chi connectivity index (χ4n) is 3.03. The van der Waals surface area contributed by atoms with Gasteiger partial charge in [0.1, 0.15) is 5.75 Å². The van der Waals surface area contributed by atoms with Gasteiger partial charge >= 0.3 is 0 Å². The van der Waals surface area contributed by atoms with Gasteiger partial charge in [0.05, 0.1) is 7.11 Å². The molecular formula is C14H20N2O. The Balaban J connectivity index is 1.94. The van der Waals surface area contributed by atoms with Gasteiger partial charge in [0, 0.05) is 32.2 Å². The van der Waals surface area contributed by atoms with Crippen LogP contribution >= 0.6 is 0 Å². The third-order valence-corrected chi connectivity index (χ3v) is 4.07. The highest BCUT2D eigenvalue weighted by atomic mass is 16.5. The number of hydrogen-bond donors (Lipinski definition) is 0. The van der Waals surface area contributed by atoms with Gasteiger partial charge in [0.15, 0.2) is 0 Å². The molecule has 3 heteroatoms. The lowest BCUT2D eigenvalue weighted by Gasteiger charge is -2.43. The molecule has 0 spiro atoms. The van der Waals surface area contributed by atoms with Gasteiger partial charge in [0.2, 0.25) is 0 Å².